The Balaban J connectivity index is 1.64. The Morgan fingerprint density at radius 2 is 1.60 bits per heavy atom. The summed E-state index contributed by atoms with van der Waals surface area (Å²) in [5, 5.41) is 3.09. The van der Waals surface area contributed by atoms with Crippen LogP contribution in [0.25, 0.3) is 5.69 Å². The van der Waals surface area contributed by atoms with Crippen LogP contribution in [0.5, 0.6) is 0 Å². The van der Waals surface area contributed by atoms with Gasteiger partial charge in [-0.1, -0.05) is 60.7 Å². The van der Waals surface area contributed by atoms with E-state index in [0.717, 1.165) is 32.7 Å². The highest BCUT2D eigenvalue weighted by Crippen LogP contribution is 2.37. The van der Waals surface area contributed by atoms with E-state index in [9.17, 15) is 4.79 Å². The van der Waals surface area contributed by atoms with Crippen LogP contribution in [0, 0.1) is 0 Å². The fraction of sp³-hybridized carbons (Fsp3) is 0.0800. The summed E-state index contributed by atoms with van der Waals surface area (Å²) in [6.07, 6.45) is 2.07. The smallest absolute Gasteiger partial charge is 0.318 e. The summed E-state index contributed by atoms with van der Waals surface area (Å²) in [6.45, 7) is 0.508. The number of hydrogen-bond acceptors (Lipinski definition) is 1. The van der Waals surface area contributed by atoms with E-state index < -0.39 is 0 Å². The van der Waals surface area contributed by atoms with Crippen molar-refractivity contribution in [2.75, 3.05) is 5.32 Å². The second-order valence-electron chi connectivity index (χ2n) is 7.28. The minimum Gasteiger partial charge on any atom is -0.318 e. The fourth-order valence-corrected chi connectivity index (χ4v) is 4.46. The number of amides is 2. The Morgan fingerprint density at radius 1 is 0.867 bits per heavy atom. The number of nitrogens with zero attached hydrogens (tertiary/aromatic N) is 2. The van der Waals surface area contributed by atoms with E-state index >= 15 is 0 Å². The van der Waals surface area contributed by atoms with Crippen LogP contribution in [-0.4, -0.2) is 15.5 Å². The molecule has 1 N–H and O–H groups in total. The molecule has 0 fully saturated rings. The summed E-state index contributed by atoms with van der Waals surface area (Å²) < 4.78 is 3.05. The van der Waals surface area contributed by atoms with Crippen molar-refractivity contribution >= 4 is 27.6 Å². The lowest BCUT2D eigenvalue weighted by atomic mass is 10.0. The van der Waals surface area contributed by atoms with E-state index in [0.29, 0.717) is 6.54 Å². The number of hydrogen-bond donors (Lipinski definition) is 1. The van der Waals surface area contributed by atoms with Crippen molar-refractivity contribution in [1.29, 1.82) is 0 Å². The standard InChI is InChI=1S/C25H20BrN3O/c26-20-12-5-6-13-21(20)27-25(30)29-17-19-11-4-7-14-22(19)28-16-8-15-23(28)24(29)18-9-2-1-3-10-18/h1-16,24H,17H2,(H,27,30). The maximum Gasteiger partial charge on any atom is 0.323 e. The SMILES string of the molecule is O=C(Nc1ccccc1Br)N1Cc2ccccc2-n2cccc2C1c1ccccc1. The van der Waals surface area contributed by atoms with Gasteiger partial charge < -0.3 is 14.8 Å². The normalized spacial score (nSPS) is 15.1. The van der Waals surface area contributed by atoms with Crippen LogP contribution in [0.15, 0.2) is 102 Å². The summed E-state index contributed by atoms with van der Waals surface area (Å²) in [6, 6.07) is 29.9. The van der Waals surface area contributed by atoms with Crippen LogP contribution in [0.4, 0.5) is 10.5 Å². The molecule has 1 aliphatic heterocycles. The number of carbonyl (C=O) groups is 1. The summed E-state index contributed by atoms with van der Waals surface area (Å²) in [5.74, 6) is 0. The number of para-hydroxylation sites is 2. The molecule has 2 amide bonds. The average molecular weight is 458 g/mol. The van der Waals surface area contributed by atoms with Gasteiger partial charge in [0.05, 0.1) is 24.0 Å². The van der Waals surface area contributed by atoms with E-state index in [1.165, 1.54) is 0 Å². The Hall–Kier alpha value is -3.31. The number of aromatic nitrogens is 1. The van der Waals surface area contributed by atoms with Gasteiger partial charge >= 0.3 is 6.03 Å². The topological polar surface area (TPSA) is 37.3 Å². The van der Waals surface area contributed by atoms with Crippen molar-refractivity contribution in [3.8, 4) is 5.69 Å². The van der Waals surface area contributed by atoms with E-state index in [-0.39, 0.29) is 12.1 Å². The highest BCUT2D eigenvalue weighted by Gasteiger charge is 2.33. The molecule has 1 aliphatic rings. The summed E-state index contributed by atoms with van der Waals surface area (Å²) in [4.78, 5) is 15.5. The number of benzene rings is 3. The molecular formula is C25H20BrN3O. The highest BCUT2D eigenvalue weighted by molar-refractivity contribution is 9.10. The minimum absolute atomic E-state index is 0.139. The molecule has 148 valence electrons. The Bertz CT molecular complexity index is 1200. The lowest BCUT2D eigenvalue weighted by molar-refractivity contribution is 0.194. The molecule has 4 aromatic rings. The first-order chi connectivity index (χ1) is 14.7. The van der Waals surface area contributed by atoms with Gasteiger partial charge in [-0.25, -0.2) is 4.79 Å². The molecule has 0 spiro atoms. The van der Waals surface area contributed by atoms with Crippen LogP contribution >= 0.6 is 15.9 Å². The third-order valence-electron chi connectivity index (χ3n) is 5.46. The van der Waals surface area contributed by atoms with Gasteiger partial charge in [0.25, 0.3) is 0 Å². The number of halogens is 1. The Kier molecular flexibility index (Phi) is 4.89. The molecule has 0 saturated carbocycles. The molecule has 1 unspecified atom stereocenters. The predicted octanol–water partition coefficient (Wildman–Crippen LogP) is 6.38. The molecule has 30 heavy (non-hydrogen) atoms. The quantitative estimate of drug-likeness (QED) is 0.372. The van der Waals surface area contributed by atoms with Crippen molar-refractivity contribution in [3.63, 3.8) is 0 Å². The second-order valence-corrected chi connectivity index (χ2v) is 8.14. The second kappa shape index (κ2) is 7.84. The summed E-state index contributed by atoms with van der Waals surface area (Å²) >= 11 is 3.53. The average Bonchev–Trinajstić information content (AvgIpc) is 3.20. The van der Waals surface area contributed by atoms with Crippen LogP contribution < -0.4 is 5.32 Å². The van der Waals surface area contributed by atoms with E-state index in [1.807, 2.05) is 65.6 Å². The number of nitrogens with one attached hydrogen (secondary N) is 1. The van der Waals surface area contributed by atoms with Gasteiger partial charge in [-0.15, -0.1) is 0 Å². The van der Waals surface area contributed by atoms with E-state index in [1.54, 1.807) is 0 Å². The molecule has 3 aromatic carbocycles. The zero-order chi connectivity index (χ0) is 20.5. The van der Waals surface area contributed by atoms with Gasteiger partial charge in [0, 0.05) is 16.4 Å². The molecule has 0 aliphatic carbocycles. The lowest BCUT2D eigenvalue weighted by Crippen LogP contribution is -2.38. The van der Waals surface area contributed by atoms with Gasteiger partial charge in [0.2, 0.25) is 0 Å². The van der Waals surface area contributed by atoms with Gasteiger partial charge in [0.1, 0.15) is 0 Å². The van der Waals surface area contributed by atoms with E-state index in [4.69, 9.17) is 0 Å². The molecule has 1 atom stereocenters. The molecule has 4 nitrogen and oxygen atoms in total. The highest BCUT2D eigenvalue weighted by atomic mass is 79.9. The number of urea groups is 1. The largest absolute Gasteiger partial charge is 0.323 e. The number of anilines is 1. The van der Waals surface area contributed by atoms with Crippen molar-refractivity contribution in [2.24, 2.45) is 0 Å². The minimum atomic E-state index is -0.212. The first-order valence-corrected chi connectivity index (χ1v) is 10.6. The Labute approximate surface area is 183 Å². The maximum absolute atomic E-state index is 13.6. The predicted molar refractivity (Wildman–Crippen MR) is 123 cm³/mol. The first kappa shape index (κ1) is 18.7. The summed E-state index contributed by atoms with van der Waals surface area (Å²) in [7, 11) is 0. The van der Waals surface area contributed by atoms with E-state index in [2.05, 4.69) is 62.3 Å². The van der Waals surface area contributed by atoms with Crippen molar-refractivity contribution < 1.29 is 4.79 Å². The molecule has 0 saturated heterocycles. The first-order valence-electron chi connectivity index (χ1n) is 9.85. The van der Waals surface area contributed by atoms with Crippen LogP contribution in [0.2, 0.25) is 0 Å². The van der Waals surface area contributed by atoms with Crippen LogP contribution in [-0.2, 0) is 6.54 Å². The number of rotatable bonds is 2. The zero-order valence-electron chi connectivity index (χ0n) is 16.2. The van der Waals surface area contributed by atoms with Gasteiger partial charge in [-0.2, -0.15) is 0 Å². The molecule has 2 heterocycles. The maximum atomic E-state index is 13.6. The van der Waals surface area contributed by atoms with Gasteiger partial charge in [-0.05, 0) is 57.4 Å². The summed E-state index contributed by atoms with van der Waals surface area (Å²) in [5.41, 5.74) is 5.11. The van der Waals surface area contributed by atoms with Crippen molar-refractivity contribution in [3.05, 3.63) is 118 Å². The molecule has 5 heteroatoms. The molecule has 1 aromatic heterocycles. The molecular weight excluding hydrogens is 438 g/mol. The third-order valence-corrected chi connectivity index (χ3v) is 6.15. The van der Waals surface area contributed by atoms with Crippen LogP contribution in [0.1, 0.15) is 22.9 Å². The third kappa shape index (κ3) is 3.31. The number of carbonyl (C=O) groups excluding carboxylic acids is 1. The molecule has 5 rings (SSSR count). The van der Waals surface area contributed by atoms with Gasteiger partial charge in [-0.3, -0.25) is 0 Å². The molecule has 0 radical (unpaired) electrons. The van der Waals surface area contributed by atoms with Crippen molar-refractivity contribution in [1.82, 2.24) is 9.47 Å². The van der Waals surface area contributed by atoms with Crippen LogP contribution in [0.3, 0.4) is 0 Å². The number of fused-ring (bicyclic) bond motifs is 3. The monoisotopic (exact) mass is 457 g/mol. The van der Waals surface area contributed by atoms with Crippen molar-refractivity contribution in [2.45, 2.75) is 12.6 Å². The van der Waals surface area contributed by atoms with Gasteiger partial charge in [0.15, 0.2) is 0 Å². The fourth-order valence-electron chi connectivity index (χ4n) is 4.08. The zero-order valence-corrected chi connectivity index (χ0v) is 17.8. The molecule has 0 bridgehead atoms. The Morgan fingerprint density at radius 3 is 2.43 bits per heavy atom. The lowest BCUT2D eigenvalue weighted by Gasteiger charge is -2.31.